The van der Waals surface area contributed by atoms with Crippen LogP contribution in [0.4, 0.5) is 0 Å². The zero-order valence-electron chi connectivity index (χ0n) is 8.99. The Morgan fingerprint density at radius 2 is 1.11 bits per heavy atom. The van der Waals surface area contributed by atoms with Crippen molar-refractivity contribution in [1.29, 1.82) is 0 Å². The molecule has 2 aromatic rings. The molecule has 0 atom stereocenters. The Hall–Kier alpha value is -0.0200. The average Bonchev–Trinajstić information content (AvgIpc) is 2.29. The van der Waals surface area contributed by atoms with Crippen LogP contribution in [0.25, 0.3) is 0 Å². The molecule has 0 saturated carbocycles. The summed E-state index contributed by atoms with van der Waals surface area (Å²) in [5, 5.41) is 1.77. The molecule has 0 bridgehead atoms. The van der Waals surface area contributed by atoms with Crippen molar-refractivity contribution in [3.05, 3.63) is 54.4 Å². The largest absolute Gasteiger partial charge is 0.453 e. The van der Waals surface area contributed by atoms with E-state index >= 15 is 0 Å². The molecule has 7 heteroatoms. The third-order valence-electron chi connectivity index (χ3n) is 2.13. The van der Waals surface area contributed by atoms with E-state index in [-0.39, 0.29) is 31.6 Å². The van der Waals surface area contributed by atoms with Gasteiger partial charge >= 0.3 is 0 Å². The van der Waals surface area contributed by atoms with E-state index < -0.39 is 0 Å². The van der Waals surface area contributed by atoms with Crippen LogP contribution in [0.3, 0.4) is 0 Å². The first-order valence-corrected chi connectivity index (χ1v) is 7.12. The van der Waals surface area contributed by atoms with Crippen LogP contribution in [-0.4, -0.2) is 0 Å². The summed E-state index contributed by atoms with van der Waals surface area (Å²) in [6.07, 6.45) is 0. The van der Waals surface area contributed by atoms with Gasteiger partial charge in [-0.05, 0) is 18.2 Å². The van der Waals surface area contributed by atoms with Gasteiger partial charge in [0.05, 0.1) is 15.1 Å². The van der Waals surface area contributed by atoms with E-state index in [0.717, 1.165) is 0 Å². The van der Waals surface area contributed by atoms with Crippen LogP contribution in [0.5, 0.6) is 11.5 Å². The average molecular weight is 377 g/mol. The van der Waals surface area contributed by atoms with Crippen molar-refractivity contribution in [2.75, 3.05) is 0 Å². The van der Waals surface area contributed by atoms with E-state index in [1.165, 1.54) is 24.3 Å². The molecule has 0 amide bonds. The van der Waals surface area contributed by atoms with Crippen LogP contribution in [-0.2, 0) is 0 Å². The molecule has 2 aromatic carbocycles. The quantitative estimate of drug-likeness (QED) is 0.496. The molecule has 0 radical (unpaired) electrons. The number of halogens is 6. The van der Waals surface area contributed by atoms with Gasteiger partial charge in [-0.2, -0.15) is 0 Å². The van der Waals surface area contributed by atoms with Gasteiger partial charge < -0.3 is 4.74 Å². The predicted molar refractivity (Wildman–Crippen MR) is 83.0 cm³/mol. The Bertz CT molecular complexity index is 617. The molecule has 0 heterocycles. The first-order chi connectivity index (χ1) is 8.88. The van der Waals surface area contributed by atoms with E-state index in [2.05, 4.69) is 0 Å². The molecular weight excluding hydrogens is 373 g/mol. The standard InChI is InChI=1S/C12H4Cl6O/c13-5-2-8(16)12(9(17)3-5)19-10-4-6(14)1-7(15)11(10)18/h1-4H. The lowest BCUT2D eigenvalue weighted by Crippen LogP contribution is -1.89. The van der Waals surface area contributed by atoms with Crippen LogP contribution in [0.2, 0.25) is 30.1 Å². The molecule has 0 N–H and O–H groups in total. The van der Waals surface area contributed by atoms with Gasteiger partial charge in [-0.1, -0.05) is 69.6 Å². The number of hydrogen-bond acceptors (Lipinski definition) is 1. The molecule has 0 unspecified atom stereocenters. The van der Waals surface area contributed by atoms with E-state index in [9.17, 15) is 0 Å². The molecule has 0 spiro atoms. The third kappa shape index (κ3) is 3.55. The fourth-order valence-corrected chi connectivity index (χ4v) is 2.86. The van der Waals surface area contributed by atoms with Gasteiger partial charge in [0.2, 0.25) is 0 Å². The summed E-state index contributed by atoms with van der Waals surface area (Å²) < 4.78 is 5.56. The molecule has 0 fully saturated rings. The van der Waals surface area contributed by atoms with Crippen LogP contribution in [0, 0.1) is 0 Å². The van der Waals surface area contributed by atoms with Gasteiger partial charge in [-0.15, -0.1) is 0 Å². The summed E-state index contributed by atoms with van der Waals surface area (Å²) in [6.45, 7) is 0. The predicted octanol–water partition coefficient (Wildman–Crippen LogP) is 7.40. The smallest absolute Gasteiger partial charge is 0.164 e. The zero-order chi connectivity index (χ0) is 14.2. The van der Waals surface area contributed by atoms with E-state index in [4.69, 9.17) is 74.3 Å². The second kappa shape index (κ2) is 6.17. The van der Waals surface area contributed by atoms with Gasteiger partial charge in [-0.3, -0.25) is 0 Å². The number of benzene rings is 2. The molecule has 1 nitrogen and oxygen atoms in total. The third-order valence-corrected chi connectivity index (χ3v) is 3.92. The van der Waals surface area contributed by atoms with Gasteiger partial charge in [0.25, 0.3) is 0 Å². The summed E-state index contributed by atoms with van der Waals surface area (Å²) in [6, 6.07) is 6.02. The minimum Gasteiger partial charge on any atom is -0.453 e. The second-order valence-corrected chi connectivity index (χ2v) is 5.97. The van der Waals surface area contributed by atoms with Crippen LogP contribution in [0.15, 0.2) is 24.3 Å². The van der Waals surface area contributed by atoms with Crippen LogP contribution >= 0.6 is 69.6 Å². The molecule has 0 aromatic heterocycles. The van der Waals surface area contributed by atoms with Crippen molar-refractivity contribution in [1.82, 2.24) is 0 Å². The Kier molecular flexibility index (Phi) is 4.99. The van der Waals surface area contributed by atoms with Crippen molar-refractivity contribution >= 4 is 69.6 Å². The maximum atomic E-state index is 6.02. The lowest BCUT2D eigenvalue weighted by molar-refractivity contribution is 0.483. The molecule has 0 aliphatic carbocycles. The normalized spacial score (nSPS) is 10.6. The maximum absolute atomic E-state index is 6.02. The lowest BCUT2D eigenvalue weighted by Gasteiger charge is -2.12. The minimum absolute atomic E-state index is 0.216. The fourth-order valence-electron chi connectivity index (χ4n) is 1.34. The molecular formula is C12H4Cl6O. The summed E-state index contributed by atoms with van der Waals surface area (Å²) in [4.78, 5) is 0. The van der Waals surface area contributed by atoms with Gasteiger partial charge in [0, 0.05) is 16.1 Å². The Balaban J connectivity index is 2.48. The molecule has 0 aliphatic rings. The molecule has 100 valence electrons. The Morgan fingerprint density at radius 1 is 0.632 bits per heavy atom. The first-order valence-electron chi connectivity index (χ1n) is 4.85. The van der Waals surface area contributed by atoms with E-state index in [1.54, 1.807) is 0 Å². The SMILES string of the molecule is Clc1cc(Cl)c(Oc2cc(Cl)cc(Cl)c2Cl)c(Cl)c1. The number of rotatable bonds is 2. The van der Waals surface area contributed by atoms with Crippen molar-refractivity contribution < 1.29 is 4.74 Å². The van der Waals surface area contributed by atoms with Gasteiger partial charge in [0.15, 0.2) is 5.75 Å². The van der Waals surface area contributed by atoms with E-state index in [1.807, 2.05) is 0 Å². The lowest BCUT2D eigenvalue weighted by atomic mass is 10.3. The maximum Gasteiger partial charge on any atom is 0.164 e. The monoisotopic (exact) mass is 374 g/mol. The fraction of sp³-hybridized carbons (Fsp3) is 0. The summed E-state index contributed by atoms with van der Waals surface area (Å²) in [5.74, 6) is 0.484. The van der Waals surface area contributed by atoms with Crippen molar-refractivity contribution in [3.8, 4) is 11.5 Å². The van der Waals surface area contributed by atoms with E-state index in [0.29, 0.717) is 10.0 Å². The zero-order valence-corrected chi connectivity index (χ0v) is 13.5. The minimum atomic E-state index is 0.216. The van der Waals surface area contributed by atoms with Crippen molar-refractivity contribution in [2.45, 2.75) is 0 Å². The van der Waals surface area contributed by atoms with Gasteiger partial charge in [0.1, 0.15) is 10.8 Å². The first kappa shape index (κ1) is 15.4. The number of ether oxygens (including phenoxy) is 1. The highest BCUT2D eigenvalue weighted by Crippen LogP contribution is 2.43. The van der Waals surface area contributed by atoms with Crippen molar-refractivity contribution in [3.63, 3.8) is 0 Å². The number of hydrogen-bond donors (Lipinski definition) is 0. The molecule has 0 aliphatic heterocycles. The van der Waals surface area contributed by atoms with Crippen LogP contribution < -0.4 is 4.74 Å². The van der Waals surface area contributed by atoms with Gasteiger partial charge in [-0.25, -0.2) is 0 Å². The summed E-state index contributed by atoms with van der Waals surface area (Å²) in [7, 11) is 0. The highest BCUT2D eigenvalue weighted by atomic mass is 35.5. The Morgan fingerprint density at radius 3 is 1.68 bits per heavy atom. The van der Waals surface area contributed by atoms with Crippen molar-refractivity contribution in [2.24, 2.45) is 0 Å². The van der Waals surface area contributed by atoms with Crippen LogP contribution in [0.1, 0.15) is 0 Å². The topological polar surface area (TPSA) is 9.23 Å². The second-order valence-electron chi connectivity index (χ2n) is 3.50. The summed E-state index contributed by atoms with van der Waals surface area (Å²) >= 11 is 35.7. The molecule has 2 rings (SSSR count). The molecule has 0 saturated heterocycles. The highest BCUT2D eigenvalue weighted by molar-refractivity contribution is 6.44. The Labute approximate surface area is 139 Å². The molecule has 19 heavy (non-hydrogen) atoms. The highest BCUT2D eigenvalue weighted by Gasteiger charge is 2.14. The summed E-state index contributed by atoms with van der Waals surface area (Å²) in [5.41, 5.74) is 0.